The fourth-order valence-corrected chi connectivity index (χ4v) is 1.68. The molecule has 9 heavy (non-hydrogen) atoms. The SMILES string of the molecule is C1C[N]C2COCC2C1. The molecule has 1 radical (unpaired) electrons. The van der Waals surface area contributed by atoms with Crippen LogP contribution in [0.5, 0.6) is 0 Å². The average Bonchev–Trinajstić information content (AvgIpc) is 2.33. The van der Waals surface area contributed by atoms with Gasteiger partial charge in [0.15, 0.2) is 0 Å². The standard InChI is InChI=1S/C7H12NO/c1-2-6-4-9-5-7(6)8-3-1/h6-7H,1-5H2. The van der Waals surface area contributed by atoms with E-state index in [0.717, 1.165) is 25.7 Å². The smallest absolute Gasteiger partial charge is 0.0639 e. The van der Waals surface area contributed by atoms with Gasteiger partial charge >= 0.3 is 0 Å². The normalized spacial score (nSPS) is 42.7. The lowest BCUT2D eigenvalue weighted by molar-refractivity contribution is 0.183. The Morgan fingerprint density at radius 3 is 3.22 bits per heavy atom. The molecule has 2 heteroatoms. The summed E-state index contributed by atoms with van der Waals surface area (Å²) >= 11 is 0. The Bertz CT molecular complexity index is 93.1. The van der Waals surface area contributed by atoms with Crippen LogP contribution in [0.1, 0.15) is 12.8 Å². The van der Waals surface area contributed by atoms with E-state index in [-0.39, 0.29) is 0 Å². The van der Waals surface area contributed by atoms with E-state index in [9.17, 15) is 0 Å². The van der Waals surface area contributed by atoms with Gasteiger partial charge in [0.25, 0.3) is 0 Å². The van der Waals surface area contributed by atoms with E-state index < -0.39 is 0 Å². The summed E-state index contributed by atoms with van der Waals surface area (Å²) in [7, 11) is 0. The van der Waals surface area contributed by atoms with E-state index in [4.69, 9.17) is 4.74 Å². The average molecular weight is 126 g/mol. The highest BCUT2D eigenvalue weighted by Gasteiger charge is 2.30. The summed E-state index contributed by atoms with van der Waals surface area (Å²) < 4.78 is 5.30. The van der Waals surface area contributed by atoms with Gasteiger partial charge < -0.3 is 4.74 Å². The highest BCUT2D eigenvalue weighted by Crippen LogP contribution is 2.22. The summed E-state index contributed by atoms with van der Waals surface area (Å²) in [4.78, 5) is 0. The van der Waals surface area contributed by atoms with Crippen LogP contribution >= 0.6 is 0 Å². The predicted molar refractivity (Wildman–Crippen MR) is 34.3 cm³/mol. The quantitative estimate of drug-likeness (QED) is 0.461. The zero-order valence-electron chi connectivity index (χ0n) is 5.55. The van der Waals surface area contributed by atoms with Crippen molar-refractivity contribution in [3.8, 4) is 0 Å². The van der Waals surface area contributed by atoms with Crippen LogP contribution < -0.4 is 5.32 Å². The van der Waals surface area contributed by atoms with Gasteiger partial charge in [-0.2, -0.15) is 0 Å². The van der Waals surface area contributed by atoms with Gasteiger partial charge in [0.05, 0.1) is 19.3 Å². The van der Waals surface area contributed by atoms with Gasteiger partial charge in [-0.05, 0) is 12.8 Å². The zero-order valence-corrected chi connectivity index (χ0v) is 5.55. The van der Waals surface area contributed by atoms with Gasteiger partial charge in [0.1, 0.15) is 0 Å². The van der Waals surface area contributed by atoms with Gasteiger partial charge in [-0.15, -0.1) is 0 Å². The molecule has 2 fully saturated rings. The lowest BCUT2D eigenvalue weighted by atomic mass is 9.94. The Morgan fingerprint density at radius 1 is 1.33 bits per heavy atom. The maximum Gasteiger partial charge on any atom is 0.0639 e. The molecule has 0 spiro atoms. The molecule has 51 valence electrons. The Hall–Kier alpha value is -0.0800. The van der Waals surface area contributed by atoms with Crippen LogP contribution in [0.25, 0.3) is 0 Å². The van der Waals surface area contributed by atoms with Crippen molar-refractivity contribution >= 4 is 0 Å². The minimum Gasteiger partial charge on any atom is -0.379 e. The van der Waals surface area contributed by atoms with Crippen LogP contribution in [-0.2, 0) is 4.74 Å². The summed E-state index contributed by atoms with van der Waals surface area (Å²) in [6, 6.07) is 0.568. The highest BCUT2D eigenvalue weighted by molar-refractivity contribution is 4.84. The lowest BCUT2D eigenvalue weighted by Gasteiger charge is -2.22. The zero-order chi connectivity index (χ0) is 6.10. The lowest BCUT2D eigenvalue weighted by Crippen LogP contribution is -2.34. The van der Waals surface area contributed by atoms with Crippen molar-refractivity contribution in [1.82, 2.24) is 5.32 Å². The predicted octanol–water partition coefficient (Wildman–Crippen LogP) is 0.400. The number of piperidine rings is 1. The first-order valence-corrected chi connectivity index (χ1v) is 3.71. The van der Waals surface area contributed by atoms with Crippen molar-refractivity contribution in [2.45, 2.75) is 18.9 Å². The summed E-state index contributed by atoms with van der Waals surface area (Å²) in [5, 5.41) is 4.47. The molecule has 0 aromatic carbocycles. The van der Waals surface area contributed by atoms with E-state index >= 15 is 0 Å². The molecule has 0 aromatic heterocycles. The van der Waals surface area contributed by atoms with Crippen molar-refractivity contribution in [3.63, 3.8) is 0 Å². The van der Waals surface area contributed by atoms with Gasteiger partial charge in [0.2, 0.25) is 0 Å². The van der Waals surface area contributed by atoms with Crippen LogP contribution in [0.4, 0.5) is 0 Å². The molecule has 2 heterocycles. The minimum absolute atomic E-state index is 0.568. The second-order valence-electron chi connectivity index (χ2n) is 2.91. The van der Waals surface area contributed by atoms with E-state index in [1.165, 1.54) is 12.8 Å². The number of nitrogens with zero attached hydrogens (tertiary/aromatic N) is 1. The molecule has 0 aromatic rings. The Kier molecular flexibility index (Phi) is 1.44. The molecule has 2 atom stereocenters. The molecular formula is C7H12NO. The molecule has 2 aliphatic rings. The summed E-state index contributed by atoms with van der Waals surface area (Å²) in [6.07, 6.45) is 2.62. The topological polar surface area (TPSA) is 23.3 Å². The molecule has 0 saturated carbocycles. The maximum absolute atomic E-state index is 5.30. The van der Waals surface area contributed by atoms with Crippen LogP contribution in [-0.4, -0.2) is 25.8 Å². The van der Waals surface area contributed by atoms with Crippen molar-refractivity contribution < 1.29 is 4.74 Å². The third-order valence-corrected chi connectivity index (χ3v) is 2.26. The number of fused-ring (bicyclic) bond motifs is 1. The largest absolute Gasteiger partial charge is 0.379 e. The first-order chi connectivity index (χ1) is 4.47. The van der Waals surface area contributed by atoms with Crippen molar-refractivity contribution in [2.24, 2.45) is 5.92 Å². The van der Waals surface area contributed by atoms with Crippen molar-refractivity contribution in [2.75, 3.05) is 19.8 Å². The molecule has 2 unspecified atom stereocenters. The number of hydrogen-bond acceptors (Lipinski definition) is 1. The van der Waals surface area contributed by atoms with Crippen molar-refractivity contribution in [3.05, 3.63) is 0 Å². The fourth-order valence-electron chi connectivity index (χ4n) is 1.68. The Labute approximate surface area is 55.6 Å². The molecule has 2 saturated heterocycles. The molecule has 0 amide bonds. The molecular weight excluding hydrogens is 114 g/mol. The van der Waals surface area contributed by atoms with E-state index in [0.29, 0.717) is 6.04 Å². The van der Waals surface area contributed by atoms with Gasteiger partial charge in [-0.3, -0.25) is 0 Å². The third-order valence-electron chi connectivity index (χ3n) is 2.26. The van der Waals surface area contributed by atoms with Gasteiger partial charge in [-0.25, -0.2) is 5.32 Å². The Morgan fingerprint density at radius 2 is 2.33 bits per heavy atom. The first-order valence-electron chi connectivity index (χ1n) is 3.71. The molecule has 2 rings (SSSR count). The van der Waals surface area contributed by atoms with E-state index in [1.807, 2.05) is 0 Å². The van der Waals surface area contributed by atoms with Crippen LogP contribution in [0.2, 0.25) is 0 Å². The second-order valence-corrected chi connectivity index (χ2v) is 2.91. The number of hydrogen-bond donors (Lipinski definition) is 0. The maximum atomic E-state index is 5.30. The van der Waals surface area contributed by atoms with Crippen LogP contribution in [0.3, 0.4) is 0 Å². The first kappa shape index (κ1) is 5.69. The second kappa shape index (κ2) is 2.27. The van der Waals surface area contributed by atoms with Gasteiger partial charge in [-0.1, -0.05) is 0 Å². The summed E-state index contributed by atoms with van der Waals surface area (Å²) in [5.41, 5.74) is 0. The van der Waals surface area contributed by atoms with Gasteiger partial charge in [0, 0.05) is 12.5 Å². The minimum atomic E-state index is 0.568. The number of rotatable bonds is 0. The molecule has 0 N–H and O–H groups in total. The number of ether oxygens (including phenoxy) is 1. The van der Waals surface area contributed by atoms with Crippen LogP contribution in [0.15, 0.2) is 0 Å². The molecule has 2 aliphatic heterocycles. The van der Waals surface area contributed by atoms with Crippen LogP contribution in [0, 0.1) is 5.92 Å². The summed E-state index contributed by atoms with van der Waals surface area (Å²) in [6.45, 7) is 2.93. The molecule has 2 nitrogen and oxygen atoms in total. The van der Waals surface area contributed by atoms with E-state index in [2.05, 4.69) is 5.32 Å². The Balaban J connectivity index is 1.97. The third kappa shape index (κ3) is 0.970. The molecule has 0 bridgehead atoms. The summed E-state index contributed by atoms with van der Waals surface area (Å²) in [5.74, 6) is 0.777. The van der Waals surface area contributed by atoms with Crippen molar-refractivity contribution in [1.29, 1.82) is 0 Å². The van der Waals surface area contributed by atoms with E-state index in [1.54, 1.807) is 0 Å². The molecule has 0 aliphatic carbocycles. The monoisotopic (exact) mass is 126 g/mol. The fraction of sp³-hybridized carbons (Fsp3) is 1.00. The highest BCUT2D eigenvalue weighted by atomic mass is 16.5.